The average Bonchev–Trinajstić information content (AvgIpc) is 2.86. The summed E-state index contributed by atoms with van der Waals surface area (Å²) in [5.74, 6) is 0.743. The molecule has 18 heavy (non-hydrogen) atoms. The van der Waals surface area contributed by atoms with Crippen molar-refractivity contribution in [3.8, 4) is 0 Å². The minimum absolute atomic E-state index is 0.00135. The summed E-state index contributed by atoms with van der Waals surface area (Å²) in [5, 5.41) is 0. The molecule has 3 rings (SSSR count). The van der Waals surface area contributed by atoms with Crippen LogP contribution in [0.25, 0.3) is 0 Å². The summed E-state index contributed by atoms with van der Waals surface area (Å²) < 4.78 is 5.90. The van der Waals surface area contributed by atoms with Crippen LogP contribution in [0, 0.1) is 5.92 Å². The molecule has 96 valence electrons. The van der Waals surface area contributed by atoms with Crippen molar-refractivity contribution in [3.05, 3.63) is 35.9 Å². The van der Waals surface area contributed by atoms with Crippen molar-refractivity contribution in [2.24, 2.45) is 5.92 Å². The Morgan fingerprint density at radius 1 is 1.33 bits per heavy atom. The quantitative estimate of drug-likeness (QED) is 0.801. The maximum Gasteiger partial charge on any atom is 0.225 e. The van der Waals surface area contributed by atoms with E-state index in [1.165, 1.54) is 5.56 Å². The number of carbonyl (C=O) groups excluding carboxylic acids is 1. The Morgan fingerprint density at radius 3 is 2.83 bits per heavy atom. The molecule has 3 atom stereocenters. The van der Waals surface area contributed by atoms with E-state index in [-0.39, 0.29) is 18.2 Å². The van der Waals surface area contributed by atoms with E-state index in [1.54, 1.807) is 0 Å². The molecule has 0 aromatic heterocycles. The smallest absolute Gasteiger partial charge is 0.225 e. The second-order valence-corrected chi connectivity index (χ2v) is 5.16. The van der Waals surface area contributed by atoms with Gasteiger partial charge in [0.05, 0.1) is 12.6 Å². The van der Waals surface area contributed by atoms with Gasteiger partial charge in [0.2, 0.25) is 5.91 Å². The van der Waals surface area contributed by atoms with Crippen molar-refractivity contribution in [1.29, 1.82) is 0 Å². The van der Waals surface area contributed by atoms with Crippen molar-refractivity contribution in [3.63, 3.8) is 0 Å². The lowest BCUT2D eigenvalue weighted by molar-refractivity contribution is -0.147. The lowest BCUT2D eigenvalue weighted by atomic mass is 9.92. The van der Waals surface area contributed by atoms with Crippen LogP contribution >= 0.6 is 0 Å². The molecule has 2 aliphatic rings. The van der Waals surface area contributed by atoms with Gasteiger partial charge in [0.25, 0.3) is 0 Å². The van der Waals surface area contributed by atoms with Gasteiger partial charge in [-0.15, -0.1) is 0 Å². The van der Waals surface area contributed by atoms with Crippen molar-refractivity contribution in [2.75, 3.05) is 6.61 Å². The van der Waals surface area contributed by atoms with Gasteiger partial charge >= 0.3 is 0 Å². The van der Waals surface area contributed by atoms with Gasteiger partial charge in [-0.25, -0.2) is 0 Å². The predicted octanol–water partition coefficient (Wildman–Crippen LogP) is 2.73. The maximum absolute atomic E-state index is 12.2. The maximum atomic E-state index is 12.2. The first-order valence-corrected chi connectivity index (χ1v) is 6.79. The second kappa shape index (κ2) is 4.73. The molecule has 2 aliphatic heterocycles. The fourth-order valence-electron chi connectivity index (χ4n) is 3.12. The zero-order valence-electron chi connectivity index (χ0n) is 10.7. The molecule has 1 amide bonds. The second-order valence-electron chi connectivity index (χ2n) is 5.16. The number of fused-ring (bicyclic) bond motifs is 1. The monoisotopic (exact) mass is 245 g/mol. The summed E-state index contributed by atoms with van der Waals surface area (Å²) in [6, 6.07) is 10.3. The number of piperidine rings is 1. The van der Waals surface area contributed by atoms with Crippen LogP contribution in [0.5, 0.6) is 0 Å². The fourth-order valence-corrected chi connectivity index (χ4v) is 3.12. The molecule has 2 saturated heterocycles. The predicted molar refractivity (Wildman–Crippen MR) is 68.8 cm³/mol. The van der Waals surface area contributed by atoms with Crippen LogP contribution in [-0.2, 0) is 9.53 Å². The van der Waals surface area contributed by atoms with Gasteiger partial charge in [0.15, 0.2) is 0 Å². The van der Waals surface area contributed by atoms with Gasteiger partial charge in [0.1, 0.15) is 6.23 Å². The number of carbonyl (C=O) groups is 1. The highest BCUT2D eigenvalue weighted by Gasteiger charge is 2.44. The highest BCUT2D eigenvalue weighted by Crippen LogP contribution is 2.39. The first-order valence-electron chi connectivity index (χ1n) is 6.79. The molecule has 2 fully saturated rings. The van der Waals surface area contributed by atoms with Crippen LogP contribution in [0.4, 0.5) is 0 Å². The van der Waals surface area contributed by atoms with Crippen LogP contribution in [0.3, 0.4) is 0 Å². The Balaban J connectivity index is 1.88. The Hall–Kier alpha value is -1.35. The summed E-state index contributed by atoms with van der Waals surface area (Å²) in [4.78, 5) is 14.1. The molecule has 1 aromatic rings. The van der Waals surface area contributed by atoms with Gasteiger partial charge in [-0.3, -0.25) is 4.79 Å². The molecule has 0 radical (unpaired) electrons. The third-order valence-corrected chi connectivity index (χ3v) is 4.16. The van der Waals surface area contributed by atoms with E-state index in [1.807, 2.05) is 23.1 Å². The number of benzene rings is 1. The minimum Gasteiger partial charge on any atom is -0.355 e. The minimum atomic E-state index is 0.00135. The van der Waals surface area contributed by atoms with Crippen LogP contribution in [-0.4, -0.2) is 23.6 Å². The van der Waals surface area contributed by atoms with E-state index in [9.17, 15) is 4.79 Å². The van der Waals surface area contributed by atoms with Gasteiger partial charge in [-0.05, 0) is 18.4 Å². The number of ether oxygens (including phenoxy) is 1. The molecular weight excluding hydrogens is 226 g/mol. The molecule has 0 bridgehead atoms. The molecule has 0 saturated carbocycles. The molecule has 0 N–H and O–H groups in total. The number of amides is 1. The van der Waals surface area contributed by atoms with Crippen molar-refractivity contribution >= 4 is 5.91 Å². The van der Waals surface area contributed by atoms with Crippen molar-refractivity contribution in [1.82, 2.24) is 4.90 Å². The number of nitrogens with zero attached hydrogens (tertiary/aromatic N) is 1. The summed E-state index contributed by atoms with van der Waals surface area (Å²) in [5.41, 5.74) is 1.19. The van der Waals surface area contributed by atoms with E-state index in [4.69, 9.17) is 4.74 Å². The lowest BCUT2D eigenvalue weighted by Crippen LogP contribution is -2.46. The topological polar surface area (TPSA) is 29.5 Å². The Bertz CT molecular complexity index is 431. The molecule has 0 unspecified atom stereocenters. The van der Waals surface area contributed by atoms with Crippen molar-refractivity contribution in [2.45, 2.75) is 38.5 Å². The van der Waals surface area contributed by atoms with E-state index >= 15 is 0 Å². The van der Waals surface area contributed by atoms with Gasteiger partial charge < -0.3 is 9.64 Å². The van der Waals surface area contributed by atoms with Crippen LogP contribution in [0.2, 0.25) is 0 Å². The SMILES string of the molecule is CC[C@@H]1CCC(=O)N2[C@@H]1OC[C@H]2c1ccccc1. The van der Waals surface area contributed by atoms with Crippen LogP contribution in [0.15, 0.2) is 30.3 Å². The molecule has 0 aliphatic carbocycles. The molecular formula is C15H19NO2. The zero-order chi connectivity index (χ0) is 12.5. The Labute approximate surface area is 108 Å². The number of hydrogen-bond donors (Lipinski definition) is 0. The highest BCUT2D eigenvalue weighted by atomic mass is 16.5. The third kappa shape index (κ3) is 1.83. The van der Waals surface area contributed by atoms with Crippen molar-refractivity contribution < 1.29 is 9.53 Å². The molecule has 3 nitrogen and oxygen atoms in total. The highest BCUT2D eigenvalue weighted by molar-refractivity contribution is 5.78. The van der Waals surface area contributed by atoms with Crippen LogP contribution in [0.1, 0.15) is 37.8 Å². The van der Waals surface area contributed by atoms with Gasteiger partial charge in [0, 0.05) is 12.3 Å². The summed E-state index contributed by atoms with van der Waals surface area (Å²) in [7, 11) is 0. The summed E-state index contributed by atoms with van der Waals surface area (Å²) >= 11 is 0. The van der Waals surface area contributed by atoms with Gasteiger partial charge in [-0.1, -0.05) is 37.3 Å². The Kier molecular flexibility index (Phi) is 3.08. The lowest BCUT2D eigenvalue weighted by Gasteiger charge is -2.37. The number of hydrogen-bond acceptors (Lipinski definition) is 2. The van der Waals surface area contributed by atoms with E-state index in [0.717, 1.165) is 12.8 Å². The molecule has 3 heteroatoms. The first-order chi connectivity index (χ1) is 8.81. The average molecular weight is 245 g/mol. The molecule has 2 heterocycles. The standard InChI is InChI=1S/C15H19NO2/c1-2-11-8-9-14(17)16-13(10-18-15(11)16)12-6-4-3-5-7-12/h3-7,11,13,15H,2,8-10H2,1H3/t11-,13+,15-/m1/s1. The van der Waals surface area contributed by atoms with E-state index in [0.29, 0.717) is 18.9 Å². The van der Waals surface area contributed by atoms with Gasteiger partial charge in [-0.2, -0.15) is 0 Å². The normalized spacial score (nSPS) is 31.5. The fraction of sp³-hybridized carbons (Fsp3) is 0.533. The summed E-state index contributed by atoms with van der Waals surface area (Å²) in [6.07, 6.45) is 2.72. The van der Waals surface area contributed by atoms with E-state index in [2.05, 4.69) is 19.1 Å². The molecule has 0 spiro atoms. The van der Waals surface area contributed by atoms with Crippen LogP contribution < -0.4 is 0 Å². The Morgan fingerprint density at radius 2 is 2.11 bits per heavy atom. The largest absolute Gasteiger partial charge is 0.355 e. The van der Waals surface area contributed by atoms with E-state index < -0.39 is 0 Å². The zero-order valence-corrected chi connectivity index (χ0v) is 10.7. The molecule has 1 aromatic carbocycles. The summed E-state index contributed by atoms with van der Waals surface area (Å²) in [6.45, 7) is 2.81. The third-order valence-electron chi connectivity index (χ3n) is 4.16. The number of rotatable bonds is 2. The first kappa shape index (κ1) is 11.7.